The molecule has 0 radical (unpaired) electrons. The van der Waals surface area contributed by atoms with Gasteiger partial charge in [-0.25, -0.2) is 4.39 Å². The van der Waals surface area contributed by atoms with Crippen molar-refractivity contribution in [2.75, 3.05) is 12.4 Å². The van der Waals surface area contributed by atoms with Crippen LogP contribution in [0.5, 0.6) is 0 Å². The number of thioether (sulfide) groups is 1. The van der Waals surface area contributed by atoms with E-state index in [0.717, 1.165) is 16.4 Å². The summed E-state index contributed by atoms with van der Waals surface area (Å²) in [5.41, 5.74) is 0.337. The Kier molecular flexibility index (Phi) is 5.25. The minimum absolute atomic E-state index is 0.0269. The van der Waals surface area contributed by atoms with E-state index in [-0.39, 0.29) is 24.3 Å². The van der Waals surface area contributed by atoms with Crippen LogP contribution in [0.3, 0.4) is 0 Å². The van der Waals surface area contributed by atoms with Crippen LogP contribution >= 0.6 is 11.8 Å². The number of carbonyl (C=O) groups excluding carboxylic acids is 2. The molecule has 0 fully saturated rings. The van der Waals surface area contributed by atoms with E-state index in [9.17, 15) is 14.0 Å². The highest BCUT2D eigenvalue weighted by molar-refractivity contribution is 8.03. The monoisotopic (exact) mass is 345 g/mol. The first-order chi connectivity index (χ1) is 11.6. The Morgan fingerprint density at radius 2 is 2.12 bits per heavy atom. The number of ether oxygens (including phenoxy) is 1. The summed E-state index contributed by atoms with van der Waals surface area (Å²) < 4.78 is 19.2. The van der Waals surface area contributed by atoms with Gasteiger partial charge in [0.1, 0.15) is 11.5 Å². The Balaban J connectivity index is 1.67. The van der Waals surface area contributed by atoms with Crippen molar-refractivity contribution >= 4 is 23.3 Å². The summed E-state index contributed by atoms with van der Waals surface area (Å²) in [6.45, 7) is 0.679. The molecular formula is C18H16FNO3S. The second-order valence-electron chi connectivity index (χ2n) is 5.37. The molecule has 0 N–H and O–H groups in total. The van der Waals surface area contributed by atoms with E-state index in [0.29, 0.717) is 18.6 Å². The number of hydrogen-bond donors (Lipinski definition) is 0. The summed E-state index contributed by atoms with van der Waals surface area (Å²) >= 11 is 1.66. The Labute approximate surface area is 143 Å². The van der Waals surface area contributed by atoms with E-state index in [1.807, 2.05) is 12.2 Å². The van der Waals surface area contributed by atoms with E-state index in [4.69, 9.17) is 4.74 Å². The summed E-state index contributed by atoms with van der Waals surface area (Å²) in [7, 11) is 0. The molecule has 0 unspecified atom stereocenters. The van der Waals surface area contributed by atoms with Crippen LogP contribution in [0.4, 0.5) is 4.39 Å². The highest BCUT2D eigenvalue weighted by Crippen LogP contribution is 2.32. The third kappa shape index (κ3) is 3.82. The maximum absolute atomic E-state index is 13.5. The molecule has 0 saturated heterocycles. The molecule has 0 spiro atoms. The van der Waals surface area contributed by atoms with Gasteiger partial charge in [0.25, 0.3) is 0 Å². The van der Waals surface area contributed by atoms with Crippen molar-refractivity contribution in [3.63, 3.8) is 0 Å². The van der Waals surface area contributed by atoms with Crippen molar-refractivity contribution in [3.8, 4) is 0 Å². The van der Waals surface area contributed by atoms with Crippen LogP contribution in [0.2, 0.25) is 0 Å². The van der Waals surface area contributed by atoms with Crippen LogP contribution in [0.1, 0.15) is 29.8 Å². The zero-order valence-electron chi connectivity index (χ0n) is 13.0. The number of allylic oxidation sites excluding steroid dienone is 4. The van der Waals surface area contributed by atoms with E-state index in [2.05, 4.69) is 4.98 Å². The summed E-state index contributed by atoms with van der Waals surface area (Å²) in [6, 6.07) is 2.61. The van der Waals surface area contributed by atoms with Crippen LogP contribution in [-0.4, -0.2) is 28.9 Å². The standard InChI is InChI=1S/C18H16FNO3S/c19-13-4-2-8-20-18(13)15(22)7-6-14(21)12-3-1-5-16-17(11-12)24-10-9-23-16/h1-4,8,11H,5-7,9-10H2. The zero-order valence-corrected chi connectivity index (χ0v) is 13.8. The molecular weight excluding hydrogens is 329 g/mol. The fourth-order valence-corrected chi connectivity index (χ4v) is 3.39. The average Bonchev–Trinajstić information content (AvgIpc) is 2.82. The molecule has 6 heteroatoms. The smallest absolute Gasteiger partial charge is 0.184 e. The quantitative estimate of drug-likeness (QED) is 0.763. The van der Waals surface area contributed by atoms with Crippen LogP contribution in [-0.2, 0) is 9.53 Å². The molecule has 1 aromatic heterocycles. The van der Waals surface area contributed by atoms with Gasteiger partial charge in [0.2, 0.25) is 0 Å². The first-order valence-corrected chi connectivity index (χ1v) is 8.67. The molecule has 2 heterocycles. The van der Waals surface area contributed by atoms with Crippen molar-refractivity contribution in [1.82, 2.24) is 4.98 Å². The Hall–Kier alpha value is -2.21. The van der Waals surface area contributed by atoms with Crippen molar-refractivity contribution in [3.05, 3.63) is 64.3 Å². The van der Waals surface area contributed by atoms with Crippen LogP contribution in [0.15, 0.2) is 52.8 Å². The predicted molar refractivity (Wildman–Crippen MR) is 90.0 cm³/mol. The van der Waals surface area contributed by atoms with Gasteiger partial charge in [-0.1, -0.05) is 12.2 Å². The molecule has 124 valence electrons. The van der Waals surface area contributed by atoms with Gasteiger partial charge in [0, 0.05) is 41.7 Å². The van der Waals surface area contributed by atoms with Gasteiger partial charge in [0.15, 0.2) is 17.4 Å². The number of nitrogens with zero attached hydrogens (tertiary/aromatic N) is 1. The van der Waals surface area contributed by atoms with E-state index in [1.54, 1.807) is 17.8 Å². The van der Waals surface area contributed by atoms with Crippen LogP contribution < -0.4 is 0 Å². The molecule has 4 nitrogen and oxygen atoms in total. The number of halogens is 1. The van der Waals surface area contributed by atoms with Gasteiger partial charge >= 0.3 is 0 Å². The third-order valence-electron chi connectivity index (χ3n) is 3.70. The number of pyridine rings is 1. The molecule has 0 saturated carbocycles. The van der Waals surface area contributed by atoms with Gasteiger partial charge < -0.3 is 4.74 Å². The zero-order chi connectivity index (χ0) is 16.9. The van der Waals surface area contributed by atoms with Crippen LogP contribution in [0, 0.1) is 5.82 Å². The lowest BCUT2D eigenvalue weighted by Gasteiger charge is -2.17. The summed E-state index contributed by atoms with van der Waals surface area (Å²) in [5.74, 6) is 0.477. The molecule has 0 bridgehead atoms. The van der Waals surface area contributed by atoms with Crippen LogP contribution in [0.25, 0.3) is 0 Å². The molecule has 3 rings (SSSR count). The molecule has 0 aromatic carbocycles. The third-order valence-corrected chi connectivity index (χ3v) is 4.73. The maximum Gasteiger partial charge on any atom is 0.184 e. The Bertz CT molecular complexity index is 767. The number of aromatic nitrogens is 1. The number of rotatable bonds is 5. The minimum atomic E-state index is -0.658. The van der Waals surface area contributed by atoms with Gasteiger partial charge in [-0.3, -0.25) is 14.6 Å². The van der Waals surface area contributed by atoms with Crippen molar-refractivity contribution in [2.24, 2.45) is 0 Å². The Morgan fingerprint density at radius 1 is 1.29 bits per heavy atom. The second kappa shape index (κ2) is 7.57. The molecule has 1 aliphatic carbocycles. The summed E-state index contributed by atoms with van der Waals surface area (Å²) in [4.78, 5) is 29.1. The van der Waals surface area contributed by atoms with Crippen molar-refractivity contribution < 1.29 is 18.7 Å². The van der Waals surface area contributed by atoms with E-state index in [1.165, 1.54) is 18.3 Å². The first-order valence-electron chi connectivity index (χ1n) is 7.69. The molecule has 0 atom stereocenters. The van der Waals surface area contributed by atoms with E-state index >= 15 is 0 Å². The van der Waals surface area contributed by atoms with Gasteiger partial charge in [0.05, 0.1) is 6.61 Å². The maximum atomic E-state index is 13.5. The summed E-state index contributed by atoms with van der Waals surface area (Å²) in [6.07, 6.45) is 7.45. The van der Waals surface area contributed by atoms with Gasteiger partial charge in [-0.05, 0) is 18.2 Å². The number of Topliss-reactive ketones (excluding diaryl/α,β-unsaturated/α-hetero) is 2. The molecule has 0 amide bonds. The number of ketones is 2. The van der Waals surface area contributed by atoms with Crippen molar-refractivity contribution in [1.29, 1.82) is 0 Å². The normalized spacial score (nSPS) is 16.8. The van der Waals surface area contributed by atoms with Gasteiger partial charge in [-0.15, -0.1) is 11.8 Å². The number of carbonyl (C=O) groups is 2. The minimum Gasteiger partial charge on any atom is -0.496 e. The average molecular weight is 345 g/mol. The number of hydrogen-bond acceptors (Lipinski definition) is 5. The van der Waals surface area contributed by atoms with Crippen molar-refractivity contribution in [2.45, 2.75) is 19.3 Å². The lowest BCUT2D eigenvalue weighted by atomic mass is 10.0. The molecule has 24 heavy (non-hydrogen) atoms. The molecule has 1 aliphatic heterocycles. The SMILES string of the molecule is O=C(CCC(=O)c1ncccc1F)C1=CC2=C(CC=C1)OCCS2. The first kappa shape index (κ1) is 16.6. The summed E-state index contributed by atoms with van der Waals surface area (Å²) in [5, 5.41) is 0. The highest BCUT2D eigenvalue weighted by atomic mass is 32.2. The van der Waals surface area contributed by atoms with Gasteiger partial charge in [-0.2, -0.15) is 0 Å². The van der Waals surface area contributed by atoms with E-state index < -0.39 is 11.6 Å². The molecule has 2 aliphatic rings. The lowest BCUT2D eigenvalue weighted by molar-refractivity contribution is -0.115. The fourth-order valence-electron chi connectivity index (χ4n) is 2.49. The second-order valence-corrected chi connectivity index (χ2v) is 6.51. The highest BCUT2D eigenvalue weighted by Gasteiger charge is 2.19. The lowest BCUT2D eigenvalue weighted by Crippen LogP contribution is -2.09. The topological polar surface area (TPSA) is 56.3 Å². The predicted octanol–water partition coefficient (Wildman–Crippen LogP) is 3.61. The Morgan fingerprint density at radius 3 is 2.96 bits per heavy atom. The molecule has 1 aromatic rings. The fraction of sp³-hybridized carbons (Fsp3) is 0.278. The largest absolute Gasteiger partial charge is 0.496 e.